The Balaban J connectivity index is 2.55. The molecule has 0 bridgehead atoms. The van der Waals surface area contributed by atoms with Crippen LogP contribution in [0.15, 0.2) is 0 Å². The molecule has 0 aromatic carbocycles. The number of carbonyl (C=O) groups is 2. The molecule has 1 heterocycles. The fourth-order valence-corrected chi connectivity index (χ4v) is 1.54. The molecule has 86 valence electrons. The van der Waals surface area contributed by atoms with E-state index in [4.69, 9.17) is 9.84 Å². The summed E-state index contributed by atoms with van der Waals surface area (Å²) in [5, 5.41) is 17.9. The van der Waals surface area contributed by atoms with E-state index in [2.05, 4.69) is 0 Å². The lowest BCUT2D eigenvalue weighted by Crippen LogP contribution is -2.39. The highest BCUT2D eigenvalue weighted by molar-refractivity contribution is 5.86. The second-order valence-corrected chi connectivity index (χ2v) is 3.36. The van der Waals surface area contributed by atoms with E-state index in [0.29, 0.717) is 0 Å². The van der Waals surface area contributed by atoms with E-state index >= 15 is 0 Å². The summed E-state index contributed by atoms with van der Waals surface area (Å²) in [6.07, 6.45) is -1.19. The van der Waals surface area contributed by atoms with Gasteiger partial charge in [0.05, 0.1) is 19.1 Å². The van der Waals surface area contributed by atoms with Gasteiger partial charge >= 0.3 is 5.97 Å². The number of aliphatic hydroxyl groups excluding tert-OH is 2. The van der Waals surface area contributed by atoms with Gasteiger partial charge in [-0.05, 0) is 6.92 Å². The van der Waals surface area contributed by atoms with Crippen molar-refractivity contribution >= 4 is 11.9 Å². The van der Waals surface area contributed by atoms with Crippen molar-refractivity contribution < 1.29 is 24.5 Å². The maximum absolute atomic E-state index is 11.3. The van der Waals surface area contributed by atoms with Gasteiger partial charge in [-0.1, -0.05) is 0 Å². The number of rotatable bonds is 4. The molecule has 1 rings (SSSR count). The Hall–Kier alpha value is -1.14. The molecule has 1 fully saturated rings. The fourth-order valence-electron chi connectivity index (χ4n) is 1.54. The molecule has 6 heteroatoms. The average Bonchev–Trinajstić information content (AvgIpc) is 2.60. The number of likely N-dealkylation sites (tertiary alicyclic amines) is 1. The van der Waals surface area contributed by atoms with Crippen molar-refractivity contribution in [2.75, 3.05) is 19.8 Å². The molecule has 15 heavy (non-hydrogen) atoms. The Morgan fingerprint density at radius 2 is 2.40 bits per heavy atom. The zero-order valence-corrected chi connectivity index (χ0v) is 8.55. The summed E-state index contributed by atoms with van der Waals surface area (Å²) < 4.78 is 4.77. The van der Waals surface area contributed by atoms with Crippen molar-refractivity contribution in [2.45, 2.75) is 19.6 Å². The van der Waals surface area contributed by atoms with Crippen molar-refractivity contribution in [3.8, 4) is 0 Å². The Morgan fingerprint density at radius 3 is 2.93 bits per heavy atom. The summed E-state index contributed by atoms with van der Waals surface area (Å²) in [6, 6.07) is 0. The number of hydrogen-bond donors (Lipinski definition) is 2. The second kappa shape index (κ2) is 5.09. The Morgan fingerprint density at radius 1 is 1.73 bits per heavy atom. The highest BCUT2D eigenvalue weighted by Crippen LogP contribution is 2.20. The maximum atomic E-state index is 11.3. The van der Waals surface area contributed by atoms with Crippen LogP contribution in [0.1, 0.15) is 13.3 Å². The molecular formula is C9H15NO5. The van der Waals surface area contributed by atoms with E-state index in [0.717, 1.165) is 4.90 Å². The Bertz CT molecular complexity index is 255. The molecule has 2 unspecified atom stereocenters. The Labute approximate surface area is 87.4 Å². The number of hydrogen-bond acceptors (Lipinski definition) is 5. The summed E-state index contributed by atoms with van der Waals surface area (Å²) in [5.41, 5.74) is 0. The summed E-state index contributed by atoms with van der Waals surface area (Å²) >= 11 is 0. The molecule has 6 nitrogen and oxygen atoms in total. The van der Waals surface area contributed by atoms with Crippen LogP contribution in [0.5, 0.6) is 0 Å². The van der Waals surface area contributed by atoms with Gasteiger partial charge in [0.1, 0.15) is 0 Å². The molecule has 2 atom stereocenters. The van der Waals surface area contributed by atoms with Gasteiger partial charge in [-0.15, -0.1) is 0 Å². The summed E-state index contributed by atoms with van der Waals surface area (Å²) in [4.78, 5) is 23.7. The van der Waals surface area contributed by atoms with Gasteiger partial charge in [-0.2, -0.15) is 0 Å². The molecule has 0 spiro atoms. The minimum absolute atomic E-state index is 0.0376. The van der Waals surface area contributed by atoms with Crippen LogP contribution in [-0.2, 0) is 14.3 Å². The highest BCUT2D eigenvalue weighted by Gasteiger charge is 2.37. The molecule has 0 aromatic rings. The lowest BCUT2D eigenvalue weighted by molar-refractivity contribution is -0.147. The van der Waals surface area contributed by atoms with E-state index < -0.39 is 24.7 Å². The third kappa shape index (κ3) is 2.66. The van der Waals surface area contributed by atoms with Gasteiger partial charge in [0.15, 0.2) is 6.23 Å². The molecule has 1 saturated heterocycles. The zero-order chi connectivity index (χ0) is 11.4. The topological polar surface area (TPSA) is 87.1 Å². The standard InChI is InChI=1S/C9H15NO5/c1-2-15-9(14)6-3-7(12)10(4-6)8(13)5-11/h6,8,11,13H,2-5H2,1H3. The first-order valence-electron chi connectivity index (χ1n) is 4.85. The van der Waals surface area contributed by atoms with Crippen LogP contribution in [0.25, 0.3) is 0 Å². The van der Waals surface area contributed by atoms with Crippen LogP contribution in [0, 0.1) is 5.92 Å². The van der Waals surface area contributed by atoms with Gasteiger partial charge in [0.2, 0.25) is 5.91 Å². The lowest BCUT2D eigenvalue weighted by atomic mass is 10.1. The zero-order valence-electron chi connectivity index (χ0n) is 8.55. The van der Waals surface area contributed by atoms with Gasteiger partial charge in [-0.3, -0.25) is 9.59 Å². The van der Waals surface area contributed by atoms with Crippen LogP contribution in [0.3, 0.4) is 0 Å². The third-order valence-electron chi connectivity index (χ3n) is 2.30. The first-order valence-corrected chi connectivity index (χ1v) is 4.85. The molecule has 0 radical (unpaired) electrons. The van der Waals surface area contributed by atoms with E-state index in [1.54, 1.807) is 6.92 Å². The molecule has 1 aliphatic rings. The summed E-state index contributed by atoms with van der Waals surface area (Å²) in [7, 11) is 0. The van der Waals surface area contributed by atoms with Crippen molar-refractivity contribution in [3.05, 3.63) is 0 Å². The van der Waals surface area contributed by atoms with E-state index in [1.165, 1.54) is 0 Å². The normalized spacial score (nSPS) is 23.0. The minimum atomic E-state index is -1.23. The maximum Gasteiger partial charge on any atom is 0.311 e. The van der Waals surface area contributed by atoms with Crippen LogP contribution in [0.4, 0.5) is 0 Å². The van der Waals surface area contributed by atoms with Crippen molar-refractivity contribution in [1.29, 1.82) is 0 Å². The average molecular weight is 217 g/mol. The first kappa shape index (κ1) is 11.9. The van der Waals surface area contributed by atoms with Crippen LogP contribution < -0.4 is 0 Å². The molecule has 0 aromatic heterocycles. The number of amides is 1. The lowest BCUT2D eigenvalue weighted by Gasteiger charge is -2.21. The SMILES string of the molecule is CCOC(=O)C1CC(=O)N(C(O)CO)C1. The smallest absolute Gasteiger partial charge is 0.311 e. The number of aliphatic hydroxyl groups is 2. The second-order valence-electron chi connectivity index (χ2n) is 3.36. The minimum Gasteiger partial charge on any atom is -0.466 e. The van der Waals surface area contributed by atoms with Gasteiger partial charge in [-0.25, -0.2) is 0 Å². The fraction of sp³-hybridized carbons (Fsp3) is 0.778. The van der Waals surface area contributed by atoms with Crippen LogP contribution in [-0.4, -0.2) is 53.0 Å². The van der Waals surface area contributed by atoms with Crippen LogP contribution in [0.2, 0.25) is 0 Å². The highest BCUT2D eigenvalue weighted by atomic mass is 16.5. The molecule has 0 saturated carbocycles. The quantitative estimate of drug-likeness (QED) is 0.572. The number of carbonyl (C=O) groups excluding carboxylic acids is 2. The molecular weight excluding hydrogens is 202 g/mol. The largest absolute Gasteiger partial charge is 0.466 e. The molecule has 2 N–H and O–H groups in total. The van der Waals surface area contributed by atoms with E-state index in [9.17, 15) is 14.7 Å². The predicted octanol–water partition coefficient (Wildman–Crippen LogP) is -1.29. The van der Waals surface area contributed by atoms with Crippen molar-refractivity contribution in [1.82, 2.24) is 4.90 Å². The number of esters is 1. The van der Waals surface area contributed by atoms with E-state index in [1.807, 2.05) is 0 Å². The molecule has 1 amide bonds. The first-order chi connectivity index (χ1) is 7.10. The van der Waals surface area contributed by atoms with E-state index in [-0.39, 0.29) is 25.5 Å². The van der Waals surface area contributed by atoms with Crippen molar-refractivity contribution in [3.63, 3.8) is 0 Å². The van der Waals surface area contributed by atoms with Crippen molar-refractivity contribution in [2.24, 2.45) is 5.92 Å². The molecule has 0 aliphatic carbocycles. The summed E-state index contributed by atoms with van der Waals surface area (Å²) in [5.74, 6) is -1.30. The number of ether oxygens (including phenoxy) is 1. The van der Waals surface area contributed by atoms with Gasteiger partial charge in [0, 0.05) is 13.0 Å². The van der Waals surface area contributed by atoms with Gasteiger partial charge in [0.25, 0.3) is 0 Å². The predicted molar refractivity (Wildman–Crippen MR) is 49.5 cm³/mol. The number of nitrogens with zero attached hydrogens (tertiary/aromatic N) is 1. The third-order valence-corrected chi connectivity index (χ3v) is 2.30. The summed E-state index contributed by atoms with van der Waals surface area (Å²) in [6.45, 7) is 1.54. The Kier molecular flexibility index (Phi) is 4.05. The molecule has 1 aliphatic heterocycles. The monoisotopic (exact) mass is 217 g/mol. The van der Waals surface area contributed by atoms with Gasteiger partial charge < -0.3 is 19.8 Å². The van der Waals surface area contributed by atoms with Crippen LogP contribution >= 0.6 is 0 Å².